The Bertz CT molecular complexity index is 720. The van der Waals surface area contributed by atoms with Crippen molar-refractivity contribution in [3.8, 4) is 0 Å². The lowest BCUT2D eigenvalue weighted by Gasteiger charge is -2.22. The molecule has 1 fully saturated rings. The maximum atomic E-state index is 12.6. The molecule has 0 aliphatic carbocycles. The van der Waals surface area contributed by atoms with E-state index in [1.54, 1.807) is 0 Å². The lowest BCUT2D eigenvalue weighted by molar-refractivity contribution is 0.102. The number of carbonyl (C=O) groups excluding carboxylic acids is 1. The number of hydrogen-bond acceptors (Lipinski definition) is 3. The van der Waals surface area contributed by atoms with Crippen molar-refractivity contribution in [2.45, 2.75) is 33.1 Å². The van der Waals surface area contributed by atoms with Gasteiger partial charge < -0.3 is 15.1 Å². The summed E-state index contributed by atoms with van der Waals surface area (Å²) in [5, 5.41) is 3.03. The normalized spacial score (nSPS) is 13.7. The highest BCUT2D eigenvalue weighted by molar-refractivity contribution is 6.04. The average Bonchev–Trinajstić information content (AvgIpc) is 3.21. The van der Waals surface area contributed by atoms with Crippen LogP contribution >= 0.6 is 0 Å². The molecule has 0 spiro atoms. The van der Waals surface area contributed by atoms with Gasteiger partial charge in [-0.3, -0.25) is 4.79 Å². The van der Waals surface area contributed by atoms with Gasteiger partial charge in [-0.1, -0.05) is 13.0 Å². The van der Waals surface area contributed by atoms with Gasteiger partial charge in [0.05, 0.1) is 0 Å². The number of anilines is 3. The highest BCUT2D eigenvalue weighted by Crippen LogP contribution is 2.24. The van der Waals surface area contributed by atoms with E-state index in [-0.39, 0.29) is 5.91 Å². The molecule has 4 nitrogen and oxygen atoms in total. The highest BCUT2D eigenvalue weighted by Gasteiger charge is 2.13. The summed E-state index contributed by atoms with van der Waals surface area (Å²) < 4.78 is 0. The van der Waals surface area contributed by atoms with Gasteiger partial charge in [-0.25, -0.2) is 0 Å². The second-order valence-corrected chi connectivity index (χ2v) is 6.83. The molecule has 1 aliphatic heterocycles. The fraction of sp³-hybridized carbons (Fsp3) is 0.409. The van der Waals surface area contributed by atoms with E-state index >= 15 is 0 Å². The lowest BCUT2D eigenvalue weighted by atomic mass is 10.1. The Hall–Kier alpha value is -2.49. The quantitative estimate of drug-likeness (QED) is 0.780. The van der Waals surface area contributed by atoms with Crippen molar-refractivity contribution in [3.05, 3.63) is 54.1 Å². The fourth-order valence-corrected chi connectivity index (χ4v) is 3.52. The number of hydrogen-bond donors (Lipinski definition) is 1. The Morgan fingerprint density at radius 1 is 1.08 bits per heavy atom. The van der Waals surface area contributed by atoms with E-state index < -0.39 is 0 Å². The van der Waals surface area contributed by atoms with Crippen LogP contribution in [0.3, 0.4) is 0 Å². The number of nitrogens with zero attached hydrogens (tertiary/aromatic N) is 2. The number of rotatable bonds is 7. The molecule has 1 amide bonds. The molecule has 3 rings (SSSR count). The minimum absolute atomic E-state index is 0.0614. The number of benzene rings is 2. The van der Waals surface area contributed by atoms with Crippen LogP contribution in [0.2, 0.25) is 0 Å². The van der Waals surface area contributed by atoms with Gasteiger partial charge in [-0.15, -0.1) is 0 Å². The molecule has 4 heteroatoms. The second kappa shape index (κ2) is 8.75. The van der Waals surface area contributed by atoms with Crippen molar-refractivity contribution in [1.29, 1.82) is 0 Å². The zero-order valence-electron chi connectivity index (χ0n) is 15.9. The van der Waals surface area contributed by atoms with Crippen LogP contribution < -0.4 is 15.1 Å². The van der Waals surface area contributed by atoms with Crippen molar-refractivity contribution in [2.75, 3.05) is 41.3 Å². The van der Waals surface area contributed by atoms with Gasteiger partial charge in [0.15, 0.2) is 0 Å². The topological polar surface area (TPSA) is 35.6 Å². The van der Waals surface area contributed by atoms with Gasteiger partial charge in [0.2, 0.25) is 0 Å². The molecule has 0 saturated carbocycles. The largest absolute Gasteiger partial charge is 0.372 e. The van der Waals surface area contributed by atoms with E-state index in [0.717, 1.165) is 38.3 Å². The highest BCUT2D eigenvalue weighted by atomic mass is 16.1. The number of nitrogens with one attached hydrogen (secondary N) is 1. The molecule has 2 aromatic carbocycles. The summed E-state index contributed by atoms with van der Waals surface area (Å²) in [6.07, 6.45) is 3.61. The zero-order chi connectivity index (χ0) is 18.4. The van der Waals surface area contributed by atoms with Crippen LogP contribution in [0.5, 0.6) is 0 Å². The summed E-state index contributed by atoms with van der Waals surface area (Å²) in [6.45, 7) is 8.55. The number of carbonyl (C=O) groups is 1. The third-order valence-corrected chi connectivity index (χ3v) is 4.95. The Kier molecular flexibility index (Phi) is 6.16. The maximum Gasteiger partial charge on any atom is 0.255 e. The molecule has 2 aromatic rings. The number of amides is 1. The van der Waals surface area contributed by atoms with Crippen LogP contribution in [0.1, 0.15) is 43.5 Å². The van der Waals surface area contributed by atoms with Gasteiger partial charge in [-0.05, 0) is 68.7 Å². The van der Waals surface area contributed by atoms with Gasteiger partial charge in [0, 0.05) is 48.8 Å². The summed E-state index contributed by atoms with van der Waals surface area (Å²) in [7, 11) is 0. The van der Waals surface area contributed by atoms with E-state index in [2.05, 4.69) is 41.1 Å². The van der Waals surface area contributed by atoms with Crippen molar-refractivity contribution >= 4 is 23.0 Å². The molecule has 1 heterocycles. The SMILES string of the molecule is CCCN(CC)c1ccc(C(=O)Nc2cccc(N3CCCC3)c2)cc1. The van der Waals surface area contributed by atoms with Crippen molar-refractivity contribution in [2.24, 2.45) is 0 Å². The monoisotopic (exact) mass is 351 g/mol. The molecule has 138 valence electrons. The van der Waals surface area contributed by atoms with Crippen LogP contribution in [0.25, 0.3) is 0 Å². The van der Waals surface area contributed by atoms with Gasteiger partial charge >= 0.3 is 0 Å². The fourth-order valence-electron chi connectivity index (χ4n) is 3.52. The second-order valence-electron chi connectivity index (χ2n) is 6.83. The predicted octanol–water partition coefficient (Wildman–Crippen LogP) is 4.78. The first-order valence-corrected chi connectivity index (χ1v) is 9.72. The summed E-state index contributed by atoms with van der Waals surface area (Å²) in [5.41, 5.74) is 3.90. The average molecular weight is 351 g/mol. The van der Waals surface area contributed by atoms with Crippen molar-refractivity contribution in [1.82, 2.24) is 0 Å². The standard InChI is InChI=1S/C22H29N3O/c1-3-14-24(4-2)20-12-10-18(11-13-20)22(26)23-19-8-7-9-21(17-19)25-15-5-6-16-25/h7-13,17H,3-6,14-16H2,1-2H3,(H,23,26). The lowest BCUT2D eigenvalue weighted by Crippen LogP contribution is -2.23. The zero-order valence-corrected chi connectivity index (χ0v) is 15.9. The smallest absolute Gasteiger partial charge is 0.255 e. The summed E-state index contributed by atoms with van der Waals surface area (Å²) in [4.78, 5) is 17.3. The first kappa shape index (κ1) is 18.3. The van der Waals surface area contributed by atoms with Gasteiger partial charge in [-0.2, -0.15) is 0 Å². The molecule has 0 bridgehead atoms. The third-order valence-electron chi connectivity index (χ3n) is 4.95. The van der Waals surface area contributed by atoms with Crippen molar-refractivity contribution < 1.29 is 4.79 Å². The molecule has 1 aliphatic rings. The van der Waals surface area contributed by atoms with E-state index in [1.807, 2.05) is 36.4 Å². The van der Waals surface area contributed by atoms with E-state index in [1.165, 1.54) is 24.2 Å². The molecule has 0 atom stereocenters. The summed E-state index contributed by atoms with van der Waals surface area (Å²) in [5.74, 6) is -0.0614. The molecule has 0 unspecified atom stereocenters. The van der Waals surface area contributed by atoms with Crippen LogP contribution in [0, 0.1) is 0 Å². The minimum Gasteiger partial charge on any atom is -0.372 e. The van der Waals surface area contributed by atoms with E-state index in [0.29, 0.717) is 5.56 Å². The predicted molar refractivity (Wildman–Crippen MR) is 110 cm³/mol. The molecule has 26 heavy (non-hydrogen) atoms. The van der Waals surface area contributed by atoms with Crippen molar-refractivity contribution in [3.63, 3.8) is 0 Å². The first-order valence-electron chi connectivity index (χ1n) is 9.72. The molecule has 1 saturated heterocycles. The van der Waals surface area contributed by atoms with E-state index in [4.69, 9.17) is 0 Å². The maximum absolute atomic E-state index is 12.6. The van der Waals surface area contributed by atoms with Crippen LogP contribution in [0.4, 0.5) is 17.1 Å². The van der Waals surface area contributed by atoms with Crippen LogP contribution in [-0.2, 0) is 0 Å². The Labute approximate surface area is 156 Å². The molecule has 0 aromatic heterocycles. The van der Waals surface area contributed by atoms with Gasteiger partial charge in [0.25, 0.3) is 5.91 Å². The Morgan fingerprint density at radius 2 is 1.81 bits per heavy atom. The van der Waals surface area contributed by atoms with Crippen LogP contribution in [-0.4, -0.2) is 32.1 Å². The summed E-state index contributed by atoms with van der Waals surface area (Å²) >= 11 is 0. The molecular formula is C22H29N3O. The molecular weight excluding hydrogens is 322 g/mol. The first-order chi connectivity index (χ1) is 12.7. The van der Waals surface area contributed by atoms with Crippen LogP contribution in [0.15, 0.2) is 48.5 Å². The minimum atomic E-state index is -0.0614. The van der Waals surface area contributed by atoms with E-state index in [9.17, 15) is 4.79 Å². The third kappa shape index (κ3) is 4.37. The Morgan fingerprint density at radius 3 is 2.46 bits per heavy atom. The Balaban J connectivity index is 1.67. The summed E-state index contributed by atoms with van der Waals surface area (Å²) in [6, 6.07) is 16.0. The molecule has 0 radical (unpaired) electrons. The molecule has 1 N–H and O–H groups in total. The van der Waals surface area contributed by atoms with Gasteiger partial charge in [0.1, 0.15) is 0 Å².